The van der Waals surface area contributed by atoms with Gasteiger partial charge in [-0.05, 0) is 55.2 Å². The predicted octanol–water partition coefficient (Wildman–Crippen LogP) is 5.75. The molecule has 0 bridgehead atoms. The molecule has 3 aromatic carbocycles. The Bertz CT molecular complexity index is 1020. The van der Waals surface area contributed by atoms with E-state index in [2.05, 4.69) is 0 Å². The van der Waals surface area contributed by atoms with E-state index in [4.69, 9.17) is 9.84 Å². The van der Waals surface area contributed by atoms with Gasteiger partial charge in [-0.3, -0.25) is 9.59 Å². The number of carbonyl (C=O) groups is 2. The van der Waals surface area contributed by atoms with E-state index in [9.17, 15) is 9.59 Å². The first kappa shape index (κ1) is 23.2. The molecule has 3 rings (SSSR count). The summed E-state index contributed by atoms with van der Waals surface area (Å²) in [5.74, 6) is 0.627. The monoisotopic (exact) mass is 428 g/mol. The Morgan fingerprint density at radius 3 is 2.00 bits per heavy atom. The highest BCUT2D eigenvalue weighted by Gasteiger charge is 2.09. The molecule has 3 aromatic rings. The molecule has 0 heterocycles. The third kappa shape index (κ3) is 7.03. The average Bonchev–Trinajstić information content (AvgIpc) is 2.85. The second-order valence-electron chi connectivity index (χ2n) is 7.53. The number of aliphatic hydroxyl groups excluding tert-OH is 1. The molecule has 164 valence electrons. The van der Waals surface area contributed by atoms with Crippen LogP contribution in [-0.2, 0) is 0 Å². The SMILES string of the molecule is O=C(C=Cc1ccc(C(=O)c2ccc(OCCCCCCO)cc2)cc1)c1ccccc1. The molecule has 0 atom stereocenters. The summed E-state index contributed by atoms with van der Waals surface area (Å²) in [4.78, 5) is 24.9. The van der Waals surface area contributed by atoms with Crippen molar-refractivity contribution in [3.63, 3.8) is 0 Å². The second-order valence-corrected chi connectivity index (χ2v) is 7.53. The van der Waals surface area contributed by atoms with Crippen LogP contribution >= 0.6 is 0 Å². The Kier molecular flexibility index (Phi) is 8.96. The number of ketones is 2. The minimum atomic E-state index is -0.0588. The Hall–Kier alpha value is -3.50. The maximum Gasteiger partial charge on any atom is 0.193 e. The van der Waals surface area contributed by atoms with E-state index in [1.807, 2.05) is 42.5 Å². The van der Waals surface area contributed by atoms with Crippen LogP contribution in [0.2, 0.25) is 0 Å². The Labute approximate surface area is 189 Å². The van der Waals surface area contributed by atoms with Crippen LogP contribution in [0.4, 0.5) is 0 Å². The molecule has 0 aromatic heterocycles. The number of allylic oxidation sites excluding steroid dienone is 1. The average molecular weight is 429 g/mol. The zero-order valence-corrected chi connectivity index (χ0v) is 18.1. The number of aliphatic hydroxyl groups is 1. The minimum Gasteiger partial charge on any atom is -0.494 e. The lowest BCUT2D eigenvalue weighted by molar-refractivity contribution is 0.103. The molecule has 4 nitrogen and oxygen atoms in total. The third-order valence-electron chi connectivity index (χ3n) is 5.10. The molecule has 0 aliphatic rings. The summed E-state index contributed by atoms with van der Waals surface area (Å²) in [7, 11) is 0. The number of unbranched alkanes of at least 4 members (excludes halogenated alkanes) is 3. The van der Waals surface area contributed by atoms with Gasteiger partial charge in [0.15, 0.2) is 11.6 Å². The maximum absolute atomic E-state index is 12.7. The molecule has 0 aliphatic carbocycles. The van der Waals surface area contributed by atoms with Gasteiger partial charge in [0.05, 0.1) is 6.61 Å². The summed E-state index contributed by atoms with van der Waals surface area (Å²) in [5.41, 5.74) is 2.69. The number of hydrogen-bond acceptors (Lipinski definition) is 4. The molecule has 0 saturated carbocycles. The highest BCUT2D eigenvalue weighted by atomic mass is 16.5. The Morgan fingerprint density at radius 1 is 0.719 bits per heavy atom. The smallest absolute Gasteiger partial charge is 0.193 e. The normalized spacial score (nSPS) is 10.9. The summed E-state index contributed by atoms with van der Waals surface area (Å²) in [6, 6.07) is 23.5. The predicted molar refractivity (Wildman–Crippen MR) is 127 cm³/mol. The van der Waals surface area contributed by atoms with E-state index in [-0.39, 0.29) is 18.2 Å². The van der Waals surface area contributed by atoms with Crippen molar-refractivity contribution in [3.8, 4) is 5.75 Å². The van der Waals surface area contributed by atoms with Crippen LogP contribution in [0.3, 0.4) is 0 Å². The molecule has 0 unspecified atom stereocenters. The molecule has 0 radical (unpaired) electrons. The van der Waals surface area contributed by atoms with Gasteiger partial charge in [-0.15, -0.1) is 0 Å². The molecular weight excluding hydrogens is 400 g/mol. The lowest BCUT2D eigenvalue weighted by Gasteiger charge is -2.07. The van der Waals surface area contributed by atoms with E-state index in [0.717, 1.165) is 37.0 Å². The van der Waals surface area contributed by atoms with Gasteiger partial charge in [0.2, 0.25) is 0 Å². The van der Waals surface area contributed by atoms with Crippen molar-refractivity contribution in [2.45, 2.75) is 25.7 Å². The van der Waals surface area contributed by atoms with Crippen LogP contribution in [0.1, 0.15) is 57.5 Å². The van der Waals surface area contributed by atoms with Crippen LogP contribution < -0.4 is 4.74 Å². The van der Waals surface area contributed by atoms with E-state index >= 15 is 0 Å². The summed E-state index contributed by atoms with van der Waals surface area (Å²) in [5, 5.41) is 8.78. The fraction of sp³-hybridized carbons (Fsp3) is 0.214. The molecular formula is C28H28O4. The lowest BCUT2D eigenvalue weighted by Crippen LogP contribution is -2.02. The van der Waals surface area contributed by atoms with Crippen molar-refractivity contribution in [1.82, 2.24) is 0 Å². The van der Waals surface area contributed by atoms with Gasteiger partial charge in [-0.2, -0.15) is 0 Å². The maximum atomic E-state index is 12.7. The van der Waals surface area contributed by atoms with E-state index < -0.39 is 0 Å². The van der Waals surface area contributed by atoms with E-state index in [1.54, 1.807) is 42.5 Å². The van der Waals surface area contributed by atoms with Crippen LogP contribution in [0.15, 0.2) is 84.9 Å². The number of benzene rings is 3. The van der Waals surface area contributed by atoms with Gasteiger partial charge in [0, 0.05) is 23.3 Å². The van der Waals surface area contributed by atoms with Gasteiger partial charge >= 0.3 is 0 Å². The molecule has 0 fully saturated rings. The van der Waals surface area contributed by atoms with Crippen molar-refractivity contribution >= 4 is 17.6 Å². The summed E-state index contributed by atoms with van der Waals surface area (Å²) in [6.45, 7) is 0.865. The number of rotatable bonds is 12. The molecule has 4 heteroatoms. The largest absolute Gasteiger partial charge is 0.494 e. The first-order valence-electron chi connectivity index (χ1n) is 10.9. The zero-order valence-electron chi connectivity index (χ0n) is 18.1. The Morgan fingerprint density at radius 2 is 1.34 bits per heavy atom. The number of carbonyl (C=O) groups excluding carboxylic acids is 2. The zero-order chi connectivity index (χ0) is 22.6. The van der Waals surface area contributed by atoms with Gasteiger partial charge in [-0.25, -0.2) is 0 Å². The van der Waals surface area contributed by atoms with Crippen molar-refractivity contribution < 1.29 is 19.4 Å². The molecule has 0 aliphatic heterocycles. The van der Waals surface area contributed by atoms with Crippen LogP contribution in [-0.4, -0.2) is 29.9 Å². The van der Waals surface area contributed by atoms with Gasteiger partial charge < -0.3 is 9.84 Å². The molecule has 32 heavy (non-hydrogen) atoms. The van der Waals surface area contributed by atoms with Gasteiger partial charge in [-0.1, -0.05) is 67.1 Å². The van der Waals surface area contributed by atoms with Crippen molar-refractivity contribution in [2.24, 2.45) is 0 Å². The van der Waals surface area contributed by atoms with Crippen molar-refractivity contribution in [3.05, 3.63) is 107 Å². The fourth-order valence-corrected chi connectivity index (χ4v) is 3.24. The second kappa shape index (κ2) is 12.4. The van der Waals surface area contributed by atoms with Crippen molar-refractivity contribution in [2.75, 3.05) is 13.2 Å². The lowest BCUT2D eigenvalue weighted by atomic mass is 10.0. The Balaban J connectivity index is 1.52. The highest BCUT2D eigenvalue weighted by molar-refractivity contribution is 6.09. The molecule has 0 saturated heterocycles. The first-order chi connectivity index (χ1) is 15.7. The standard InChI is InChI=1S/C28H28O4/c29-20-6-1-2-7-21-32-26-17-15-25(16-18-26)28(31)24-13-10-22(11-14-24)12-19-27(30)23-8-4-3-5-9-23/h3-5,8-19,29H,1-2,6-7,20-21H2. The van der Waals surface area contributed by atoms with E-state index in [1.165, 1.54) is 6.08 Å². The summed E-state index contributed by atoms with van der Waals surface area (Å²) < 4.78 is 5.71. The number of ether oxygens (including phenoxy) is 1. The fourth-order valence-electron chi connectivity index (χ4n) is 3.24. The van der Waals surface area contributed by atoms with Crippen LogP contribution in [0.25, 0.3) is 6.08 Å². The highest BCUT2D eigenvalue weighted by Crippen LogP contribution is 2.17. The topological polar surface area (TPSA) is 63.6 Å². The van der Waals surface area contributed by atoms with Crippen LogP contribution in [0.5, 0.6) is 5.75 Å². The van der Waals surface area contributed by atoms with E-state index in [0.29, 0.717) is 23.3 Å². The van der Waals surface area contributed by atoms with Crippen molar-refractivity contribution in [1.29, 1.82) is 0 Å². The first-order valence-corrected chi connectivity index (χ1v) is 10.9. The summed E-state index contributed by atoms with van der Waals surface area (Å²) >= 11 is 0. The quantitative estimate of drug-likeness (QED) is 0.227. The van der Waals surface area contributed by atoms with Gasteiger partial charge in [0.25, 0.3) is 0 Å². The third-order valence-corrected chi connectivity index (χ3v) is 5.10. The molecule has 1 N–H and O–H groups in total. The van der Waals surface area contributed by atoms with Crippen LogP contribution in [0, 0.1) is 0 Å². The molecule has 0 spiro atoms. The number of hydrogen-bond donors (Lipinski definition) is 1. The summed E-state index contributed by atoms with van der Waals surface area (Å²) in [6.07, 6.45) is 7.10. The molecule has 0 amide bonds. The van der Waals surface area contributed by atoms with Gasteiger partial charge in [0.1, 0.15) is 5.75 Å². The minimum absolute atomic E-state index is 0.0572.